The van der Waals surface area contributed by atoms with Crippen LogP contribution in [0, 0.1) is 0 Å². The van der Waals surface area contributed by atoms with Crippen LogP contribution in [0.4, 0.5) is 11.4 Å². The molecule has 0 amide bonds. The number of aryl methyl sites for hydroxylation is 3. The summed E-state index contributed by atoms with van der Waals surface area (Å²) in [7, 11) is -1.33. The predicted molar refractivity (Wildman–Crippen MR) is 102 cm³/mol. The number of nitrogens with one attached hydrogen (secondary N) is 1. The van der Waals surface area contributed by atoms with Gasteiger partial charge in [-0.2, -0.15) is 0 Å². The van der Waals surface area contributed by atoms with Gasteiger partial charge in [-0.25, -0.2) is 13.4 Å². The first kappa shape index (κ1) is 17.2. The van der Waals surface area contributed by atoms with E-state index in [-0.39, 0.29) is 0 Å². The Hall–Kier alpha value is -2.67. The number of sulfonamides is 1. The predicted octanol–water partition coefficient (Wildman–Crippen LogP) is 3.06. The number of hydrogen-bond donors (Lipinski definition) is 1. The molecule has 1 heterocycles. The first-order valence-electron chi connectivity index (χ1n) is 7.84. The van der Waals surface area contributed by atoms with Gasteiger partial charge in [0.2, 0.25) is 10.0 Å². The van der Waals surface area contributed by atoms with Crippen LogP contribution in [0.5, 0.6) is 0 Å². The molecule has 0 bridgehead atoms. The summed E-state index contributed by atoms with van der Waals surface area (Å²) in [6, 6.07) is 13.4. The molecule has 0 aliphatic rings. The molecule has 0 radical (unpaired) electrons. The van der Waals surface area contributed by atoms with Crippen molar-refractivity contribution in [3.63, 3.8) is 0 Å². The fourth-order valence-electron chi connectivity index (χ4n) is 2.78. The lowest BCUT2D eigenvalue weighted by atomic mass is 10.1. The van der Waals surface area contributed by atoms with Crippen LogP contribution in [0.1, 0.15) is 11.4 Å². The zero-order valence-corrected chi connectivity index (χ0v) is 15.0. The summed E-state index contributed by atoms with van der Waals surface area (Å²) in [4.78, 5) is 8.54. The molecule has 0 unspecified atom stereocenters. The monoisotopic (exact) mass is 356 g/mol. The second-order valence-electron chi connectivity index (χ2n) is 5.99. The lowest BCUT2D eigenvalue weighted by Gasteiger charge is -2.04. The Balaban J connectivity index is 1.81. The molecule has 6 nitrogen and oxygen atoms in total. The Morgan fingerprint density at radius 2 is 1.88 bits per heavy atom. The smallest absolute Gasteiger partial charge is 0.229 e. The summed E-state index contributed by atoms with van der Waals surface area (Å²) >= 11 is 0. The molecule has 1 aromatic heterocycles. The van der Waals surface area contributed by atoms with Gasteiger partial charge in [0.15, 0.2) is 0 Å². The van der Waals surface area contributed by atoms with Gasteiger partial charge in [0, 0.05) is 13.5 Å². The minimum absolute atomic E-state index is 0.521. The molecule has 7 heteroatoms. The van der Waals surface area contributed by atoms with Crippen molar-refractivity contribution in [3.05, 3.63) is 53.9 Å². The maximum absolute atomic E-state index is 11.4. The number of nitrogens with zero attached hydrogens (tertiary/aromatic N) is 3. The van der Waals surface area contributed by atoms with E-state index in [4.69, 9.17) is 0 Å². The highest BCUT2D eigenvalue weighted by Crippen LogP contribution is 2.21. The van der Waals surface area contributed by atoms with Crippen LogP contribution < -0.4 is 4.72 Å². The maximum Gasteiger partial charge on any atom is 0.229 e. The van der Waals surface area contributed by atoms with Gasteiger partial charge in [0.1, 0.15) is 5.82 Å². The fourth-order valence-corrected chi connectivity index (χ4v) is 3.33. The number of imidazole rings is 1. The van der Waals surface area contributed by atoms with Crippen molar-refractivity contribution in [3.8, 4) is 0 Å². The van der Waals surface area contributed by atoms with Crippen LogP contribution in [-0.2, 0) is 29.9 Å². The number of hydrogen-bond acceptors (Lipinski definition) is 4. The van der Waals surface area contributed by atoms with Gasteiger partial charge in [-0.15, -0.1) is 0 Å². The first-order valence-corrected chi connectivity index (χ1v) is 9.74. The summed E-state index contributed by atoms with van der Waals surface area (Å²) in [5.74, 6) is 0.956. The van der Waals surface area contributed by atoms with E-state index in [2.05, 4.69) is 21.4 Å². The van der Waals surface area contributed by atoms with Gasteiger partial charge in [0.05, 0.1) is 28.7 Å². The molecule has 0 aliphatic heterocycles. The molecule has 0 saturated carbocycles. The van der Waals surface area contributed by atoms with Crippen molar-refractivity contribution in [2.24, 2.45) is 12.0 Å². The normalized spacial score (nSPS) is 11.6. The third-order valence-electron chi connectivity index (χ3n) is 4.03. The molecule has 3 rings (SSSR count). The average Bonchev–Trinajstić information content (AvgIpc) is 2.87. The summed E-state index contributed by atoms with van der Waals surface area (Å²) in [6.07, 6.45) is 2.79. The standard InChI is InChI=1S/C18H20N4O2S/c1-19-14-7-4-13(5-8-14)6-11-18-20-16-12-15(21-25(3,23)24)9-10-17(16)22(18)2/h4-5,7-10,12,21H,1,6,11H2,2-3H3. The van der Waals surface area contributed by atoms with Crippen LogP contribution in [-0.4, -0.2) is 30.9 Å². The molecule has 1 N–H and O–H groups in total. The van der Waals surface area contributed by atoms with E-state index in [1.165, 1.54) is 5.56 Å². The van der Waals surface area contributed by atoms with Crippen molar-refractivity contribution in [1.82, 2.24) is 9.55 Å². The van der Waals surface area contributed by atoms with Gasteiger partial charge in [-0.1, -0.05) is 12.1 Å². The number of anilines is 1. The largest absolute Gasteiger partial charge is 0.331 e. The van der Waals surface area contributed by atoms with E-state index < -0.39 is 10.0 Å². The minimum Gasteiger partial charge on any atom is -0.331 e. The molecule has 0 saturated heterocycles. The fraction of sp³-hybridized carbons (Fsp3) is 0.222. The van der Waals surface area contributed by atoms with E-state index in [1.54, 1.807) is 12.1 Å². The summed E-state index contributed by atoms with van der Waals surface area (Å²) in [5, 5.41) is 0. The van der Waals surface area contributed by atoms with Crippen molar-refractivity contribution in [1.29, 1.82) is 0 Å². The highest BCUT2D eigenvalue weighted by atomic mass is 32.2. The van der Waals surface area contributed by atoms with Gasteiger partial charge in [-0.05, 0) is 49.0 Å². The van der Waals surface area contributed by atoms with Crippen LogP contribution in [0.15, 0.2) is 47.5 Å². The van der Waals surface area contributed by atoms with Gasteiger partial charge >= 0.3 is 0 Å². The van der Waals surface area contributed by atoms with E-state index >= 15 is 0 Å². The summed E-state index contributed by atoms with van der Waals surface area (Å²) in [5.41, 5.74) is 4.33. The van der Waals surface area contributed by atoms with Crippen molar-refractivity contribution in [2.45, 2.75) is 12.8 Å². The van der Waals surface area contributed by atoms with E-state index in [0.29, 0.717) is 5.69 Å². The minimum atomic E-state index is -3.30. The Kier molecular flexibility index (Phi) is 4.59. The number of rotatable bonds is 6. The molecular formula is C18H20N4O2S. The van der Waals surface area contributed by atoms with Gasteiger partial charge in [0.25, 0.3) is 0 Å². The van der Waals surface area contributed by atoms with Crippen LogP contribution in [0.2, 0.25) is 0 Å². The third-order valence-corrected chi connectivity index (χ3v) is 4.64. The van der Waals surface area contributed by atoms with Crippen molar-refractivity contribution >= 4 is 39.1 Å². The Morgan fingerprint density at radius 1 is 1.16 bits per heavy atom. The molecule has 3 aromatic rings. The number of aliphatic imine (C=N–C) groups is 1. The van der Waals surface area contributed by atoms with Crippen molar-refractivity contribution < 1.29 is 8.42 Å². The number of fused-ring (bicyclic) bond motifs is 1. The Morgan fingerprint density at radius 3 is 2.52 bits per heavy atom. The van der Waals surface area contributed by atoms with E-state index in [1.807, 2.05) is 41.9 Å². The van der Waals surface area contributed by atoms with E-state index in [9.17, 15) is 8.42 Å². The van der Waals surface area contributed by atoms with Gasteiger partial charge < -0.3 is 4.57 Å². The molecule has 130 valence electrons. The summed E-state index contributed by atoms with van der Waals surface area (Å²) in [6.45, 7) is 3.51. The molecule has 0 spiro atoms. The molecule has 2 aromatic carbocycles. The highest BCUT2D eigenvalue weighted by Gasteiger charge is 2.10. The topological polar surface area (TPSA) is 76.3 Å². The molecule has 0 atom stereocenters. The second-order valence-corrected chi connectivity index (χ2v) is 7.74. The maximum atomic E-state index is 11.4. The second kappa shape index (κ2) is 6.68. The SMILES string of the molecule is C=Nc1ccc(CCc2nc3cc(NS(C)(=O)=O)ccc3n2C)cc1. The number of benzene rings is 2. The van der Waals surface area contributed by atoms with Crippen LogP contribution in [0.3, 0.4) is 0 Å². The molecule has 0 aliphatic carbocycles. The first-order chi connectivity index (χ1) is 11.9. The molecule has 25 heavy (non-hydrogen) atoms. The van der Waals surface area contributed by atoms with Crippen LogP contribution in [0.25, 0.3) is 11.0 Å². The van der Waals surface area contributed by atoms with Crippen molar-refractivity contribution in [2.75, 3.05) is 11.0 Å². The average molecular weight is 356 g/mol. The summed E-state index contributed by atoms with van der Waals surface area (Å²) < 4.78 is 27.3. The van der Waals surface area contributed by atoms with E-state index in [0.717, 1.165) is 41.6 Å². The number of aromatic nitrogens is 2. The third kappa shape index (κ3) is 4.06. The highest BCUT2D eigenvalue weighted by molar-refractivity contribution is 7.92. The molecular weight excluding hydrogens is 336 g/mol. The zero-order valence-electron chi connectivity index (χ0n) is 14.2. The Labute approximate surface area is 147 Å². The lowest BCUT2D eigenvalue weighted by Crippen LogP contribution is -2.09. The zero-order chi connectivity index (χ0) is 18.0. The molecule has 0 fully saturated rings. The quantitative estimate of drug-likeness (QED) is 0.690. The Bertz CT molecular complexity index is 1020. The van der Waals surface area contributed by atoms with Crippen LogP contribution >= 0.6 is 0 Å². The lowest BCUT2D eigenvalue weighted by molar-refractivity contribution is 0.607. The van der Waals surface area contributed by atoms with Gasteiger partial charge in [-0.3, -0.25) is 9.71 Å².